The third-order valence-electron chi connectivity index (χ3n) is 5.46. The molecule has 0 radical (unpaired) electrons. The van der Waals surface area contributed by atoms with Gasteiger partial charge in [-0.3, -0.25) is 9.88 Å². The Morgan fingerprint density at radius 3 is 2.79 bits per heavy atom. The highest BCUT2D eigenvalue weighted by molar-refractivity contribution is 5.95. The first-order valence-electron chi connectivity index (χ1n) is 9.74. The molecule has 0 saturated carbocycles. The van der Waals surface area contributed by atoms with Crippen LogP contribution < -0.4 is 10.2 Å². The van der Waals surface area contributed by atoms with E-state index in [0.717, 1.165) is 37.1 Å². The molecule has 2 saturated heterocycles. The molecule has 3 heterocycles. The van der Waals surface area contributed by atoms with Crippen LogP contribution in [0.15, 0.2) is 48.8 Å². The molecule has 7 heteroatoms. The van der Waals surface area contributed by atoms with E-state index in [1.54, 1.807) is 23.0 Å². The second-order valence-electron chi connectivity index (χ2n) is 7.33. The Bertz CT molecular complexity index is 857. The zero-order chi connectivity index (χ0) is 19.5. The standard InChI is InChI=1S/C21H25N5O2/c1-24-12-13-25(21(24)28)18-8-4-7-17(14-18)23-20(27)26-11-3-2-9-19(26)16-6-5-10-22-15-16/h4-8,10,14-15,19H,2-3,9,11-13H2,1H3,(H,23,27). The minimum absolute atomic E-state index is 0.0175. The lowest BCUT2D eigenvalue weighted by molar-refractivity contribution is 0.163. The van der Waals surface area contributed by atoms with Crippen LogP contribution in [0.1, 0.15) is 30.9 Å². The van der Waals surface area contributed by atoms with Crippen molar-refractivity contribution in [2.75, 3.05) is 36.9 Å². The van der Waals surface area contributed by atoms with Gasteiger partial charge in [-0.05, 0) is 49.1 Å². The summed E-state index contributed by atoms with van der Waals surface area (Å²) in [7, 11) is 1.79. The first-order valence-corrected chi connectivity index (χ1v) is 9.74. The minimum Gasteiger partial charge on any atom is -0.326 e. The number of benzene rings is 1. The lowest BCUT2D eigenvalue weighted by atomic mass is 9.97. The van der Waals surface area contributed by atoms with E-state index in [1.807, 2.05) is 47.5 Å². The van der Waals surface area contributed by atoms with Gasteiger partial charge >= 0.3 is 12.1 Å². The highest BCUT2D eigenvalue weighted by Gasteiger charge is 2.29. The Morgan fingerprint density at radius 2 is 2.04 bits per heavy atom. The van der Waals surface area contributed by atoms with Crippen LogP contribution in [0.5, 0.6) is 0 Å². The molecule has 1 aromatic heterocycles. The summed E-state index contributed by atoms with van der Waals surface area (Å²) >= 11 is 0. The smallest absolute Gasteiger partial charge is 0.324 e. The average Bonchev–Trinajstić information content (AvgIpc) is 3.07. The molecule has 2 aliphatic heterocycles. The van der Waals surface area contributed by atoms with Crippen molar-refractivity contribution in [1.82, 2.24) is 14.8 Å². The highest BCUT2D eigenvalue weighted by Crippen LogP contribution is 2.31. The Balaban J connectivity index is 1.50. The number of rotatable bonds is 3. The number of amides is 4. The van der Waals surface area contributed by atoms with Gasteiger partial charge in [-0.25, -0.2) is 9.59 Å². The molecule has 0 bridgehead atoms. The van der Waals surface area contributed by atoms with Crippen molar-refractivity contribution in [3.63, 3.8) is 0 Å². The molecule has 4 amide bonds. The van der Waals surface area contributed by atoms with Gasteiger partial charge in [0.15, 0.2) is 0 Å². The lowest BCUT2D eigenvalue weighted by Gasteiger charge is -2.35. The summed E-state index contributed by atoms with van der Waals surface area (Å²) in [5, 5.41) is 3.02. The van der Waals surface area contributed by atoms with Crippen LogP contribution in [0.3, 0.4) is 0 Å². The van der Waals surface area contributed by atoms with E-state index in [0.29, 0.717) is 18.8 Å². The summed E-state index contributed by atoms with van der Waals surface area (Å²) in [5.74, 6) is 0. The van der Waals surface area contributed by atoms with Crippen molar-refractivity contribution in [1.29, 1.82) is 0 Å². The Kier molecular flexibility index (Phi) is 5.14. The van der Waals surface area contributed by atoms with E-state index in [9.17, 15) is 9.59 Å². The van der Waals surface area contributed by atoms with Gasteiger partial charge in [-0.1, -0.05) is 12.1 Å². The maximum absolute atomic E-state index is 13.0. The summed E-state index contributed by atoms with van der Waals surface area (Å²) in [6.45, 7) is 2.08. The first kappa shape index (κ1) is 18.3. The third kappa shape index (κ3) is 3.65. The fraction of sp³-hybridized carbons (Fsp3) is 0.381. The number of nitrogens with one attached hydrogen (secondary N) is 1. The number of aromatic nitrogens is 1. The summed E-state index contributed by atoms with van der Waals surface area (Å²) in [5.41, 5.74) is 2.56. The first-order chi connectivity index (χ1) is 13.6. The molecule has 1 N–H and O–H groups in total. The van der Waals surface area contributed by atoms with Crippen LogP contribution in [0.4, 0.5) is 21.0 Å². The van der Waals surface area contributed by atoms with Gasteiger partial charge in [0.1, 0.15) is 0 Å². The minimum atomic E-state index is -0.115. The van der Waals surface area contributed by atoms with Crippen LogP contribution >= 0.6 is 0 Å². The largest absolute Gasteiger partial charge is 0.326 e. The van der Waals surface area contributed by atoms with E-state index >= 15 is 0 Å². The predicted octanol–water partition coefficient (Wildman–Crippen LogP) is 3.71. The summed E-state index contributed by atoms with van der Waals surface area (Å²) in [6.07, 6.45) is 6.63. The molecule has 2 aromatic rings. The Morgan fingerprint density at radius 1 is 1.14 bits per heavy atom. The highest BCUT2D eigenvalue weighted by atomic mass is 16.2. The SMILES string of the molecule is CN1CCN(c2cccc(NC(=O)N3CCCCC3c3cccnc3)c2)C1=O. The molecule has 2 aliphatic rings. The molecule has 146 valence electrons. The summed E-state index contributed by atoms with van der Waals surface area (Å²) in [6, 6.07) is 11.3. The maximum Gasteiger partial charge on any atom is 0.324 e. The second-order valence-corrected chi connectivity index (χ2v) is 7.33. The number of urea groups is 2. The number of piperidine rings is 1. The molecule has 28 heavy (non-hydrogen) atoms. The Hall–Kier alpha value is -3.09. The number of carbonyl (C=O) groups excluding carboxylic acids is 2. The van der Waals surface area contributed by atoms with Gasteiger partial charge < -0.3 is 15.1 Å². The molecule has 1 atom stereocenters. The Labute approximate surface area is 164 Å². The molecular formula is C21H25N5O2. The molecule has 1 unspecified atom stereocenters. The average molecular weight is 379 g/mol. The van der Waals surface area contributed by atoms with Crippen LogP contribution in [0.2, 0.25) is 0 Å². The number of hydrogen-bond acceptors (Lipinski definition) is 3. The number of carbonyl (C=O) groups is 2. The van der Waals surface area contributed by atoms with Crippen molar-refractivity contribution in [2.24, 2.45) is 0 Å². The number of pyridine rings is 1. The lowest BCUT2D eigenvalue weighted by Crippen LogP contribution is -2.41. The van der Waals surface area contributed by atoms with Gasteiger partial charge in [-0.15, -0.1) is 0 Å². The molecule has 1 aromatic carbocycles. The van der Waals surface area contributed by atoms with Gasteiger partial charge in [-0.2, -0.15) is 0 Å². The van der Waals surface area contributed by atoms with Crippen molar-refractivity contribution in [3.05, 3.63) is 54.4 Å². The number of likely N-dealkylation sites (N-methyl/N-ethyl adjacent to an activating group) is 1. The monoisotopic (exact) mass is 379 g/mol. The van der Waals surface area contributed by atoms with Crippen LogP contribution in [0, 0.1) is 0 Å². The van der Waals surface area contributed by atoms with E-state index in [4.69, 9.17) is 0 Å². The second kappa shape index (κ2) is 7.88. The topological polar surface area (TPSA) is 68.8 Å². The molecular weight excluding hydrogens is 354 g/mol. The van der Waals surface area contributed by atoms with Gasteiger partial charge in [0.25, 0.3) is 0 Å². The van der Waals surface area contributed by atoms with E-state index in [1.165, 1.54) is 0 Å². The van der Waals surface area contributed by atoms with Gasteiger partial charge in [0, 0.05) is 50.5 Å². The number of anilines is 2. The zero-order valence-corrected chi connectivity index (χ0v) is 16.0. The summed E-state index contributed by atoms with van der Waals surface area (Å²) < 4.78 is 0. The van der Waals surface area contributed by atoms with Crippen LogP contribution in [-0.4, -0.2) is 53.5 Å². The molecule has 7 nitrogen and oxygen atoms in total. The third-order valence-corrected chi connectivity index (χ3v) is 5.46. The van der Waals surface area contributed by atoms with Crippen molar-refractivity contribution in [3.8, 4) is 0 Å². The predicted molar refractivity (Wildman–Crippen MR) is 108 cm³/mol. The summed E-state index contributed by atoms with van der Waals surface area (Å²) in [4.78, 5) is 34.8. The van der Waals surface area contributed by atoms with Crippen molar-refractivity contribution < 1.29 is 9.59 Å². The normalized spacial score (nSPS) is 19.8. The number of hydrogen-bond donors (Lipinski definition) is 1. The van der Waals surface area contributed by atoms with Crippen molar-refractivity contribution in [2.45, 2.75) is 25.3 Å². The van der Waals surface area contributed by atoms with E-state index < -0.39 is 0 Å². The molecule has 2 fully saturated rings. The molecule has 0 spiro atoms. The van der Waals surface area contributed by atoms with Crippen LogP contribution in [0.25, 0.3) is 0 Å². The van der Waals surface area contributed by atoms with Crippen LogP contribution in [-0.2, 0) is 0 Å². The molecule has 4 rings (SSSR count). The zero-order valence-electron chi connectivity index (χ0n) is 16.0. The fourth-order valence-corrected chi connectivity index (χ4v) is 3.93. The molecule has 0 aliphatic carbocycles. The van der Waals surface area contributed by atoms with E-state index in [2.05, 4.69) is 10.3 Å². The maximum atomic E-state index is 13.0. The quantitative estimate of drug-likeness (QED) is 0.884. The van der Waals surface area contributed by atoms with E-state index in [-0.39, 0.29) is 18.1 Å². The van der Waals surface area contributed by atoms with Crippen molar-refractivity contribution >= 4 is 23.4 Å². The van der Waals surface area contributed by atoms with Gasteiger partial charge in [0.05, 0.1) is 6.04 Å². The fourth-order valence-electron chi connectivity index (χ4n) is 3.93. The number of likely N-dealkylation sites (tertiary alicyclic amines) is 1. The number of nitrogens with zero attached hydrogens (tertiary/aromatic N) is 4. The van der Waals surface area contributed by atoms with Gasteiger partial charge in [0.2, 0.25) is 0 Å².